The van der Waals surface area contributed by atoms with Crippen molar-refractivity contribution in [2.75, 3.05) is 0 Å². The number of allylic oxidation sites excluding steroid dienone is 1. The van der Waals surface area contributed by atoms with Crippen molar-refractivity contribution in [3.8, 4) is 0 Å². The number of nitrogens with zero attached hydrogens (tertiary/aromatic N) is 1. The minimum absolute atomic E-state index is 0.0385. The van der Waals surface area contributed by atoms with Gasteiger partial charge in [-0.05, 0) is 12.8 Å². The number of carbonyl (C=O) groups excluding carboxylic acids is 1. The summed E-state index contributed by atoms with van der Waals surface area (Å²) in [7, 11) is -2.83. The van der Waals surface area contributed by atoms with Gasteiger partial charge in [-0.1, -0.05) is 19.4 Å². The molecule has 0 saturated carbocycles. The number of isocyanates is 1. The molecular weight excluding hydrogens is 177 g/mol. The highest BCUT2D eigenvalue weighted by molar-refractivity contribution is 7.43. The van der Waals surface area contributed by atoms with Crippen LogP contribution in [0.15, 0.2) is 16.5 Å². The summed E-state index contributed by atoms with van der Waals surface area (Å²) in [6.07, 6.45) is 5.36. The summed E-state index contributed by atoms with van der Waals surface area (Å²) in [4.78, 5) is 21.6. The maximum atomic E-state index is 10.5. The molecule has 5 heteroatoms. The van der Waals surface area contributed by atoms with Gasteiger partial charge in [-0.2, -0.15) is 4.99 Å². The highest BCUT2D eigenvalue weighted by atomic mass is 31.1. The second-order valence-electron chi connectivity index (χ2n) is 2.24. The molecule has 1 atom stereocenters. The zero-order valence-electron chi connectivity index (χ0n) is 6.91. The lowest BCUT2D eigenvalue weighted by Gasteiger charge is -1.92. The van der Waals surface area contributed by atoms with Crippen molar-refractivity contribution in [3.63, 3.8) is 0 Å². The monoisotopic (exact) mass is 189 g/mol. The predicted octanol–water partition coefficient (Wildman–Crippen LogP) is 1.82. The summed E-state index contributed by atoms with van der Waals surface area (Å²) in [6.45, 7) is 2.01. The van der Waals surface area contributed by atoms with Crippen molar-refractivity contribution in [3.05, 3.63) is 11.5 Å². The van der Waals surface area contributed by atoms with Crippen molar-refractivity contribution < 1.29 is 14.3 Å². The van der Waals surface area contributed by atoms with Gasteiger partial charge in [0.2, 0.25) is 14.1 Å². The Hall–Kier alpha value is -0.690. The third kappa shape index (κ3) is 5.03. The molecule has 1 N–H and O–H groups in total. The molecule has 0 aliphatic rings. The normalized spacial score (nSPS) is 13.7. The first kappa shape index (κ1) is 11.3. The van der Waals surface area contributed by atoms with Crippen LogP contribution in [-0.4, -0.2) is 11.0 Å². The summed E-state index contributed by atoms with van der Waals surface area (Å²) >= 11 is 0. The number of unbranched alkanes of at least 4 members (excludes halogenated alkanes) is 2. The molecule has 0 saturated heterocycles. The SMILES string of the molecule is CCCCC=C(N=C=O)[PH](=O)O. The second-order valence-corrected chi connectivity index (χ2v) is 3.36. The lowest BCUT2D eigenvalue weighted by molar-refractivity contribution is 0.508. The molecule has 1 unspecified atom stereocenters. The Morgan fingerprint density at radius 3 is 2.83 bits per heavy atom. The van der Waals surface area contributed by atoms with Gasteiger partial charge in [-0.3, -0.25) is 4.57 Å². The summed E-state index contributed by atoms with van der Waals surface area (Å²) in [5.41, 5.74) is -0.0385. The van der Waals surface area contributed by atoms with Gasteiger partial charge in [-0.25, -0.2) is 4.79 Å². The van der Waals surface area contributed by atoms with Gasteiger partial charge in [0.05, 0.1) is 0 Å². The summed E-state index contributed by atoms with van der Waals surface area (Å²) in [5.74, 6) is 0. The van der Waals surface area contributed by atoms with Gasteiger partial charge >= 0.3 is 0 Å². The second kappa shape index (κ2) is 6.99. The van der Waals surface area contributed by atoms with Crippen LogP contribution >= 0.6 is 8.03 Å². The fourth-order valence-corrected chi connectivity index (χ4v) is 1.13. The van der Waals surface area contributed by atoms with Crippen LogP contribution in [0.4, 0.5) is 0 Å². The molecule has 0 amide bonds. The molecule has 0 rings (SSSR count). The van der Waals surface area contributed by atoms with Crippen LogP contribution < -0.4 is 0 Å². The van der Waals surface area contributed by atoms with Gasteiger partial charge < -0.3 is 4.89 Å². The summed E-state index contributed by atoms with van der Waals surface area (Å²) < 4.78 is 10.5. The van der Waals surface area contributed by atoms with E-state index < -0.39 is 8.03 Å². The Labute approximate surface area is 71.9 Å². The highest BCUT2D eigenvalue weighted by Crippen LogP contribution is 2.28. The molecule has 0 radical (unpaired) electrons. The Kier molecular flexibility index (Phi) is 6.58. The molecule has 0 aliphatic heterocycles. The zero-order valence-corrected chi connectivity index (χ0v) is 7.91. The average Bonchev–Trinajstić information content (AvgIpc) is 2.03. The van der Waals surface area contributed by atoms with E-state index >= 15 is 0 Å². The zero-order chi connectivity index (χ0) is 9.40. The number of hydrogen-bond donors (Lipinski definition) is 1. The largest absolute Gasteiger partial charge is 0.342 e. The van der Waals surface area contributed by atoms with Crippen LogP contribution in [-0.2, 0) is 9.36 Å². The van der Waals surface area contributed by atoms with Crippen LogP contribution in [0.1, 0.15) is 26.2 Å². The Bertz CT molecular complexity index is 227. The van der Waals surface area contributed by atoms with Crippen molar-refractivity contribution in [1.82, 2.24) is 0 Å². The molecule has 0 spiro atoms. The maximum absolute atomic E-state index is 10.5. The van der Waals surface area contributed by atoms with Crippen LogP contribution in [0.5, 0.6) is 0 Å². The molecule has 4 nitrogen and oxygen atoms in total. The van der Waals surface area contributed by atoms with Crippen LogP contribution in [0.3, 0.4) is 0 Å². The molecule has 0 aliphatic carbocycles. The van der Waals surface area contributed by atoms with E-state index in [9.17, 15) is 9.36 Å². The molecule has 0 heterocycles. The molecule has 0 aromatic carbocycles. The third-order valence-corrected chi connectivity index (χ3v) is 2.03. The average molecular weight is 189 g/mol. The third-order valence-electron chi connectivity index (χ3n) is 1.28. The number of hydrogen-bond acceptors (Lipinski definition) is 3. The van der Waals surface area contributed by atoms with Crippen LogP contribution in [0.25, 0.3) is 0 Å². The standard InChI is InChI=1S/C7H12NO3P/c1-2-3-4-5-7(8-6-9)12(10)11/h5,12H,2-4H2,1H3,(H,10,11). The quantitative estimate of drug-likeness (QED) is 0.310. The first-order valence-electron chi connectivity index (χ1n) is 3.73. The van der Waals surface area contributed by atoms with E-state index in [0.29, 0.717) is 6.42 Å². The smallest absolute Gasteiger partial charge is 0.240 e. The van der Waals surface area contributed by atoms with E-state index in [-0.39, 0.29) is 5.44 Å². The van der Waals surface area contributed by atoms with Crippen molar-refractivity contribution in [2.45, 2.75) is 26.2 Å². The van der Waals surface area contributed by atoms with E-state index in [2.05, 4.69) is 4.99 Å². The van der Waals surface area contributed by atoms with Gasteiger partial charge in [-0.15, -0.1) is 0 Å². The Balaban J connectivity index is 4.19. The van der Waals surface area contributed by atoms with E-state index in [4.69, 9.17) is 4.89 Å². The number of rotatable bonds is 5. The van der Waals surface area contributed by atoms with Gasteiger partial charge in [0.1, 0.15) is 5.44 Å². The summed E-state index contributed by atoms with van der Waals surface area (Å²) in [6, 6.07) is 0. The van der Waals surface area contributed by atoms with E-state index in [1.165, 1.54) is 12.2 Å². The summed E-state index contributed by atoms with van der Waals surface area (Å²) in [5, 5.41) is 0. The van der Waals surface area contributed by atoms with Gasteiger partial charge in [0, 0.05) is 0 Å². The van der Waals surface area contributed by atoms with Crippen molar-refractivity contribution in [1.29, 1.82) is 0 Å². The van der Waals surface area contributed by atoms with Crippen LogP contribution in [0.2, 0.25) is 0 Å². The minimum atomic E-state index is -2.83. The Morgan fingerprint density at radius 2 is 2.42 bits per heavy atom. The molecule has 0 fully saturated rings. The van der Waals surface area contributed by atoms with Crippen molar-refractivity contribution in [2.24, 2.45) is 4.99 Å². The fourth-order valence-electron chi connectivity index (χ4n) is 0.673. The molecule has 68 valence electrons. The van der Waals surface area contributed by atoms with Crippen LogP contribution in [0, 0.1) is 0 Å². The minimum Gasteiger partial charge on any atom is -0.342 e. The Morgan fingerprint density at radius 1 is 1.75 bits per heavy atom. The molecule has 0 aromatic heterocycles. The number of aliphatic imine (C=N–C) groups is 1. The van der Waals surface area contributed by atoms with Gasteiger partial charge in [0.25, 0.3) is 0 Å². The fraction of sp³-hybridized carbons (Fsp3) is 0.571. The predicted molar refractivity (Wildman–Crippen MR) is 46.9 cm³/mol. The first-order valence-corrected chi connectivity index (χ1v) is 5.09. The molecular formula is C7H12NO3P. The van der Waals surface area contributed by atoms with E-state index in [1.807, 2.05) is 6.92 Å². The lowest BCUT2D eigenvalue weighted by atomic mass is 10.2. The lowest BCUT2D eigenvalue weighted by Crippen LogP contribution is -1.73. The molecule has 0 aromatic rings. The van der Waals surface area contributed by atoms with Crippen molar-refractivity contribution >= 4 is 14.1 Å². The molecule has 0 bridgehead atoms. The van der Waals surface area contributed by atoms with Gasteiger partial charge in [0.15, 0.2) is 0 Å². The highest BCUT2D eigenvalue weighted by Gasteiger charge is 1.99. The first-order chi connectivity index (χ1) is 5.72. The molecule has 12 heavy (non-hydrogen) atoms. The van der Waals surface area contributed by atoms with E-state index in [1.54, 1.807) is 0 Å². The van der Waals surface area contributed by atoms with E-state index in [0.717, 1.165) is 12.8 Å². The maximum Gasteiger partial charge on any atom is 0.240 e. The topological polar surface area (TPSA) is 66.7 Å².